The summed E-state index contributed by atoms with van der Waals surface area (Å²) in [5, 5.41) is 5.07. The number of rotatable bonds is 8. The summed E-state index contributed by atoms with van der Waals surface area (Å²) in [5.74, 6) is 1.35. The van der Waals surface area contributed by atoms with E-state index in [0.717, 1.165) is 24.2 Å². The quantitative estimate of drug-likeness (QED) is 0.577. The van der Waals surface area contributed by atoms with Gasteiger partial charge in [0.05, 0.1) is 13.2 Å². The lowest BCUT2D eigenvalue weighted by Gasteiger charge is -2.38. The summed E-state index contributed by atoms with van der Waals surface area (Å²) >= 11 is 1.72. The van der Waals surface area contributed by atoms with Gasteiger partial charge in [-0.3, -0.25) is 4.79 Å². The molecule has 186 valence electrons. The lowest BCUT2D eigenvalue weighted by atomic mass is 10.00. The summed E-state index contributed by atoms with van der Waals surface area (Å²) in [6.07, 6.45) is 1.58. The van der Waals surface area contributed by atoms with Crippen molar-refractivity contribution in [2.24, 2.45) is 0 Å². The Kier molecular flexibility index (Phi) is 8.47. The molecule has 1 aliphatic rings. The van der Waals surface area contributed by atoms with Gasteiger partial charge in [0.15, 0.2) is 0 Å². The van der Waals surface area contributed by atoms with Crippen molar-refractivity contribution < 1.29 is 19.1 Å². The monoisotopic (exact) mass is 487 g/mol. The Hall–Kier alpha value is -2.74. The first-order chi connectivity index (χ1) is 16.1. The Morgan fingerprint density at radius 1 is 1.26 bits per heavy atom. The zero-order valence-electron chi connectivity index (χ0n) is 21.1. The van der Waals surface area contributed by atoms with Crippen LogP contribution in [-0.2, 0) is 11.2 Å². The van der Waals surface area contributed by atoms with Gasteiger partial charge in [0.2, 0.25) is 5.91 Å². The first-order valence-electron chi connectivity index (χ1n) is 11.8. The third-order valence-electron chi connectivity index (χ3n) is 6.04. The number of nitrogens with one attached hydrogen (secondary N) is 1. The Balaban J connectivity index is 1.79. The zero-order chi connectivity index (χ0) is 24.9. The molecule has 0 spiro atoms. The van der Waals surface area contributed by atoms with Gasteiger partial charge in [-0.2, -0.15) is 0 Å². The molecule has 0 saturated heterocycles. The van der Waals surface area contributed by atoms with E-state index in [9.17, 15) is 9.59 Å². The van der Waals surface area contributed by atoms with Crippen LogP contribution in [0.2, 0.25) is 0 Å². The van der Waals surface area contributed by atoms with E-state index < -0.39 is 0 Å². The van der Waals surface area contributed by atoms with Crippen molar-refractivity contribution in [3.63, 3.8) is 0 Å². The molecule has 3 rings (SSSR count). The molecule has 0 radical (unpaired) electrons. The van der Waals surface area contributed by atoms with Crippen LogP contribution in [0.15, 0.2) is 35.7 Å². The maximum absolute atomic E-state index is 13.6. The number of amides is 3. The molecule has 0 fully saturated rings. The average molecular weight is 488 g/mol. The minimum absolute atomic E-state index is 0.0338. The number of ether oxygens (including phenoxy) is 2. The number of nitrogens with zero attached hydrogens (tertiary/aromatic N) is 2. The van der Waals surface area contributed by atoms with Gasteiger partial charge in [-0.25, -0.2) is 4.79 Å². The molecule has 2 heterocycles. The van der Waals surface area contributed by atoms with Gasteiger partial charge in [0.25, 0.3) is 0 Å². The van der Waals surface area contributed by atoms with Crippen molar-refractivity contribution in [3.8, 4) is 11.5 Å². The van der Waals surface area contributed by atoms with Crippen LogP contribution < -0.4 is 14.8 Å². The van der Waals surface area contributed by atoms with Crippen molar-refractivity contribution in [1.29, 1.82) is 0 Å². The summed E-state index contributed by atoms with van der Waals surface area (Å²) in [4.78, 5) is 31.4. The number of fused-ring (bicyclic) bond motifs is 1. The van der Waals surface area contributed by atoms with E-state index in [1.807, 2.05) is 63.8 Å². The Morgan fingerprint density at radius 3 is 2.68 bits per heavy atom. The number of methoxy groups -OCH3 is 1. The molecule has 1 aromatic carbocycles. The van der Waals surface area contributed by atoms with E-state index in [4.69, 9.17) is 9.47 Å². The maximum Gasteiger partial charge on any atom is 0.318 e. The van der Waals surface area contributed by atoms with Crippen LogP contribution in [0, 0.1) is 0 Å². The number of hydrogen-bond acceptors (Lipinski definition) is 5. The maximum atomic E-state index is 13.6. The number of carbonyl (C=O) groups excluding carboxylic acids is 2. The Morgan fingerprint density at radius 2 is 2.00 bits per heavy atom. The predicted molar refractivity (Wildman–Crippen MR) is 136 cm³/mol. The highest BCUT2D eigenvalue weighted by molar-refractivity contribution is 7.10. The lowest BCUT2D eigenvalue weighted by Crippen LogP contribution is -2.55. The van der Waals surface area contributed by atoms with Crippen molar-refractivity contribution in [2.45, 2.75) is 65.1 Å². The van der Waals surface area contributed by atoms with E-state index >= 15 is 0 Å². The van der Waals surface area contributed by atoms with Gasteiger partial charge >= 0.3 is 6.03 Å². The Bertz CT molecular complexity index is 984. The fourth-order valence-corrected chi connectivity index (χ4v) is 4.95. The first kappa shape index (κ1) is 25.9. The number of hydrogen-bond donors (Lipinski definition) is 1. The van der Waals surface area contributed by atoms with Crippen molar-refractivity contribution in [2.75, 3.05) is 26.8 Å². The molecule has 2 aromatic rings. The van der Waals surface area contributed by atoms with E-state index in [1.54, 1.807) is 23.3 Å². The summed E-state index contributed by atoms with van der Waals surface area (Å²) in [5.41, 5.74) is 0.747. The SMILES string of the molecule is CC[C@H](C)N(CC(=O)N1CCc2sccc2[C@H]1COc1cccc(OC)c1)C(=O)NC(C)(C)C. The van der Waals surface area contributed by atoms with Crippen molar-refractivity contribution >= 4 is 23.3 Å². The highest BCUT2D eigenvalue weighted by atomic mass is 32.1. The molecule has 0 saturated carbocycles. The van der Waals surface area contributed by atoms with Crippen molar-refractivity contribution in [1.82, 2.24) is 15.1 Å². The third kappa shape index (κ3) is 6.44. The Labute approximate surface area is 207 Å². The molecule has 0 aliphatic carbocycles. The third-order valence-corrected chi connectivity index (χ3v) is 7.03. The van der Waals surface area contributed by atoms with Crippen LogP contribution in [0.5, 0.6) is 11.5 Å². The van der Waals surface area contributed by atoms with Gasteiger partial charge in [0, 0.05) is 29.1 Å². The number of thiophene rings is 1. The molecule has 8 heteroatoms. The second-order valence-corrected chi connectivity index (χ2v) is 10.7. The minimum Gasteiger partial charge on any atom is -0.497 e. The lowest BCUT2D eigenvalue weighted by molar-refractivity contribution is -0.136. The second-order valence-electron chi connectivity index (χ2n) is 9.71. The number of urea groups is 1. The molecule has 0 unspecified atom stereocenters. The van der Waals surface area contributed by atoms with Crippen LogP contribution in [0.25, 0.3) is 0 Å². The fourth-order valence-electron chi connectivity index (χ4n) is 4.02. The van der Waals surface area contributed by atoms with E-state index in [2.05, 4.69) is 16.8 Å². The van der Waals surface area contributed by atoms with E-state index in [-0.39, 0.29) is 36.1 Å². The van der Waals surface area contributed by atoms with Gasteiger partial charge in [0.1, 0.15) is 24.7 Å². The summed E-state index contributed by atoms with van der Waals surface area (Å²) in [7, 11) is 1.62. The largest absolute Gasteiger partial charge is 0.497 e. The molecule has 1 aromatic heterocycles. The first-order valence-corrected chi connectivity index (χ1v) is 12.7. The second kappa shape index (κ2) is 11.1. The molecule has 1 N–H and O–H groups in total. The molecule has 0 bridgehead atoms. The summed E-state index contributed by atoms with van der Waals surface area (Å²) in [6, 6.07) is 9.07. The predicted octanol–water partition coefficient (Wildman–Crippen LogP) is 4.87. The van der Waals surface area contributed by atoms with Gasteiger partial charge < -0.3 is 24.6 Å². The molecular formula is C26H37N3O4S. The molecule has 7 nitrogen and oxygen atoms in total. The zero-order valence-corrected chi connectivity index (χ0v) is 21.9. The highest BCUT2D eigenvalue weighted by Gasteiger charge is 2.34. The molecule has 1 aliphatic heterocycles. The van der Waals surface area contributed by atoms with Crippen molar-refractivity contribution in [3.05, 3.63) is 46.2 Å². The molecule has 34 heavy (non-hydrogen) atoms. The number of benzene rings is 1. The van der Waals surface area contributed by atoms with Crippen LogP contribution >= 0.6 is 11.3 Å². The van der Waals surface area contributed by atoms with Gasteiger partial charge in [-0.15, -0.1) is 11.3 Å². The molecular weight excluding hydrogens is 450 g/mol. The fraction of sp³-hybridized carbons (Fsp3) is 0.538. The topological polar surface area (TPSA) is 71.1 Å². The smallest absolute Gasteiger partial charge is 0.318 e. The average Bonchev–Trinajstić information content (AvgIpc) is 3.28. The van der Waals surface area contributed by atoms with Crippen LogP contribution in [-0.4, -0.2) is 60.1 Å². The molecule has 2 atom stereocenters. The van der Waals surface area contributed by atoms with Crippen LogP contribution in [0.4, 0.5) is 4.79 Å². The van der Waals surface area contributed by atoms with Gasteiger partial charge in [-0.05, 0) is 69.7 Å². The number of carbonyl (C=O) groups is 2. The van der Waals surface area contributed by atoms with Crippen LogP contribution in [0.3, 0.4) is 0 Å². The van der Waals surface area contributed by atoms with Crippen LogP contribution in [0.1, 0.15) is 57.5 Å². The van der Waals surface area contributed by atoms with Gasteiger partial charge in [-0.1, -0.05) is 13.0 Å². The summed E-state index contributed by atoms with van der Waals surface area (Å²) < 4.78 is 11.4. The normalized spacial score (nSPS) is 16.4. The highest BCUT2D eigenvalue weighted by Crippen LogP contribution is 2.34. The standard InChI is InChI=1S/C26H37N3O4S/c1-7-18(2)29(25(31)27-26(3,4)5)16-24(30)28-13-11-23-21(12-14-34-23)22(28)17-33-20-10-8-9-19(15-20)32-6/h8-10,12,14-15,18,22H,7,11,13,16-17H2,1-6H3,(H,27,31)/t18-,22+/m0/s1. The minimum atomic E-state index is -0.379. The van der Waals surface area contributed by atoms with E-state index in [0.29, 0.717) is 18.9 Å². The molecule has 3 amide bonds. The summed E-state index contributed by atoms with van der Waals surface area (Å²) in [6.45, 7) is 10.8. The van der Waals surface area contributed by atoms with E-state index in [1.165, 1.54) is 4.88 Å².